The van der Waals surface area contributed by atoms with E-state index in [4.69, 9.17) is 20.9 Å². The summed E-state index contributed by atoms with van der Waals surface area (Å²) in [4.78, 5) is 26.9. The van der Waals surface area contributed by atoms with Gasteiger partial charge in [-0.05, 0) is 63.0 Å². The molecule has 1 aliphatic carbocycles. The van der Waals surface area contributed by atoms with E-state index in [2.05, 4.69) is 0 Å². The Bertz CT molecular complexity index is 846. The number of ketones is 2. The van der Waals surface area contributed by atoms with Crippen molar-refractivity contribution in [3.63, 3.8) is 0 Å². The van der Waals surface area contributed by atoms with Gasteiger partial charge in [-0.1, -0.05) is 12.1 Å². The number of hydrogen-bond acceptors (Lipinski definition) is 6. The molecule has 148 valence electrons. The lowest BCUT2D eigenvalue weighted by Crippen LogP contribution is -2.25. The fourth-order valence-corrected chi connectivity index (χ4v) is 3.43. The molecule has 0 fully saturated rings. The van der Waals surface area contributed by atoms with E-state index >= 15 is 0 Å². The Balaban J connectivity index is 2.12. The number of rotatable bonds is 8. The zero-order valence-corrected chi connectivity index (χ0v) is 16.3. The summed E-state index contributed by atoms with van der Waals surface area (Å²) in [6.07, 6.45) is 1.33. The van der Waals surface area contributed by atoms with Crippen molar-refractivity contribution >= 4 is 11.6 Å². The van der Waals surface area contributed by atoms with Gasteiger partial charge in [-0.3, -0.25) is 9.59 Å². The largest absolute Gasteiger partial charge is 0.493 e. The van der Waals surface area contributed by atoms with Crippen LogP contribution in [0.15, 0.2) is 24.3 Å². The first-order chi connectivity index (χ1) is 13.5. The zero-order chi connectivity index (χ0) is 20.3. The van der Waals surface area contributed by atoms with Crippen molar-refractivity contribution in [2.75, 3.05) is 26.3 Å². The molecule has 0 saturated carbocycles. The number of aryl methyl sites for hydroxylation is 2. The molecule has 0 unspecified atom stereocenters. The third-order valence-corrected chi connectivity index (χ3v) is 4.87. The van der Waals surface area contributed by atoms with Crippen molar-refractivity contribution in [1.29, 1.82) is 0 Å². The van der Waals surface area contributed by atoms with Crippen LogP contribution in [0.5, 0.6) is 11.5 Å². The molecule has 0 aromatic heterocycles. The fraction of sp³-hybridized carbons (Fsp3) is 0.364. The van der Waals surface area contributed by atoms with Crippen molar-refractivity contribution < 1.29 is 19.1 Å². The Kier molecular flexibility index (Phi) is 6.11. The summed E-state index contributed by atoms with van der Waals surface area (Å²) in [7, 11) is 0. The van der Waals surface area contributed by atoms with Gasteiger partial charge >= 0.3 is 0 Å². The highest BCUT2D eigenvalue weighted by atomic mass is 16.5. The van der Waals surface area contributed by atoms with Crippen molar-refractivity contribution in [2.24, 2.45) is 11.5 Å². The molecule has 0 atom stereocenters. The summed E-state index contributed by atoms with van der Waals surface area (Å²) in [6.45, 7) is 5.41. The molecule has 0 radical (unpaired) electrons. The topological polar surface area (TPSA) is 105 Å². The van der Waals surface area contributed by atoms with Gasteiger partial charge in [-0.25, -0.2) is 0 Å². The van der Waals surface area contributed by atoms with Crippen LogP contribution in [0.3, 0.4) is 0 Å². The molecule has 0 aliphatic heterocycles. The molecule has 0 saturated heterocycles. The number of benzene rings is 2. The normalized spacial score (nSPS) is 12.6. The van der Waals surface area contributed by atoms with E-state index in [1.807, 2.05) is 13.8 Å². The Morgan fingerprint density at radius 3 is 1.43 bits per heavy atom. The van der Waals surface area contributed by atoms with Crippen LogP contribution in [0.25, 0.3) is 0 Å². The minimum absolute atomic E-state index is 0.210. The first-order valence-corrected chi connectivity index (χ1v) is 9.53. The molecular weight excluding hydrogens is 356 g/mol. The fourth-order valence-electron chi connectivity index (χ4n) is 3.43. The van der Waals surface area contributed by atoms with Crippen LogP contribution in [-0.2, 0) is 0 Å². The van der Waals surface area contributed by atoms with E-state index in [-0.39, 0.29) is 11.6 Å². The van der Waals surface area contributed by atoms with Gasteiger partial charge in [0.05, 0.1) is 24.3 Å². The molecule has 6 nitrogen and oxygen atoms in total. The monoisotopic (exact) mass is 382 g/mol. The second-order valence-electron chi connectivity index (χ2n) is 6.90. The molecule has 0 bridgehead atoms. The average molecular weight is 382 g/mol. The van der Waals surface area contributed by atoms with Crippen molar-refractivity contribution in [2.45, 2.75) is 26.7 Å². The van der Waals surface area contributed by atoms with Gasteiger partial charge in [-0.2, -0.15) is 0 Å². The van der Waals surface area contributed by atoms with Gasteiger partial charge < -0.3 is 20.9 Å². The minimum Gasteiger partial charge on any atom is -0.493 e. The molecule has 28 heavy (non-hydrogen) atoms. The Labute approximate surface area is 164 Å². The van der Waals surface area contributed by atoms with Gasteiger partial charge in [0.15, 0.2) is 11.6 Å². The minimum atomic E-state index is -0.210. The second-order valence-corrected chi connectivity index (χ2v) is 6.90. The van der Waals surface area contributed by atoms with E-state index < -0.39 is 0 Å². The van der Waals surface area contributed by atoms with Crippen LogP contribution in [0.1, 0.15) is 55.8 Å². The van der Waals surface area contributed by atoms with Gasteiger partial charge in [0, 0.05) is 11.1 Å². The maximum Gasteiger partial charge on any atom is 0.198 e. The number of ether oxygens (including phenoxy) is 2. The van der Waals surface area contributed by atoms with Crippen molar-refractivity contribution in [3.8, 4) is 11.5 Å². The third kappa shape index (κ3) is 3.53. The maximum atomic E-state index is 13.4. The SMILES string of the molecule is Cc1ccc(OCCCN)c2c1C(=O)c1c(OCCCN)ccc(C)c1C2=O. The average Bonchev–Trinajstić information content (AvgIpc) is 2.68. The van der Waals surface area contributed by atoms with Crippen molar-refractivity contribution in [3.05, 3.63) is 57.6 Å². The van der Waals surface area contributed by atoms with Crippen LogP contribution in [0.4, 0.5) is 0 Å². The molecule has 3 rings (SSSR count). The van der Waals surface area contributed by atoms with Crippen LogP contribution in [0.2, 0.25) is 0 Å². The summed E-state index contributed by atoms with van der Waals surface area (Å²) in [5.74, 6) is 0.425. The molecule has 6 heteroatoms. The van der Waals surface area contributed by atoms with E-state index in [9.17, 15) is 9.59 Å². The van der Waals surface area contributed by atoms with Crippen LogP contribution < -0.4 is 20.9 Å². The van der Waals surface area contributed by atoms with E-state index in [1.165, 1.54) is 0 Å². The van der Waals surface area contributed by atoms with E-state index in [1.54, 1.807) is 24.3 Å². The Morgan fingerprint density at radius 2 is 1.07 bits per heavy atom. The molecule has 1 aliphatic rings. The van der Waals surface area contributed by atoms with Gasteiger partial charge in [0.1, 0.15) is 11.5 Å². The lowest BCUT2D eigenvalue weighted by molar-refractivity contribution is 0.0971. The van der Waals surface area contributed by atoms with Crippen LogP contribution in [0, 0.1) is 13.8 Å². The molecule has 4 N–H and O–H groups in total. The molecule has 2 aromatic carbocycles. The standard InChI is InChI=1S/C22H26N2O4/c1-13-5-7-15(27-11-3-9-23)19-17(13)21(25)20-16(28-12-4-10-24)8-6-14(2)18(20)22(19)26/h5-8H,3-4,9-12,23-24H2,1-2H3. The third-order valence-electron chi connectivity index (χ3n) is 4.87. The van der Waals surface area contributed by atoms with E-state index in [0.717, 1.165) is 11.1 Å². The summed E-state index contributed by atoms with van der Waals surface area (Å²) < 4.78 is 11.6. The first kappa shape index (κ1) is 20.0. The lowest BCUT2D eigenvalue weighted by atomic mass is 9.79. The number of hydrogen-bond donors (Lipinski definition) is 2. The number of carbonyl (C=O) groups is 2. The molecule has 0 spiro atoms. The number of carbonyl (C=O) groups excluding carboxylic acids is 2. The van der Waals surface area contributed by atoms with Crippen molar-refractivity contribution in [1.82, 2.24) is 0 Å². The molecule has 0 amide bonds. The summed E-state index contributed by atoms with van der Waals surface area (Å²) in [6, 6.07) is 7.10. The Morgan fingerprint density at radius 1 is 0.679 bits per heavy atom. The summed E-state index contributed by atoms with van der Waals surface area (Å²) in [5.41, 5.74) is 14.0. The zero-order valence-electron chi connectivity index (χ0n) is 16.3. The summed E-state index contributed by atoms with van der Waals surface area (Å²) >= 11 is 0. The molecule has 0 heterocycles. The van der Waals surface area contributed by atoms with Gasteiger partial charge in [0.25, 0.3) is 0 Å². The smallest absolute Gasteiger partial charge is 0.198 e. The van der Waals surface area contributed by atoms with Crippen LogP contribution in [-0.4, -0.2) is 37.9 Å². The molecular formula is C22H26N2O4. The maximum absolute atomic E-state index is 13.4. The predicted molar refractivity (Wildman–Crippen MR) is 108 cm³/mol. The van der Waals surface area contributed by atoms with Crippen LogP contribution >= 0.6 is 0 Å². The predicted octanol–water partition coefficient (Wildman–Crippen LogP) is 2.53. The van der Waals surface area contributed by atoms with E-state index in [0.29, 0.717) is 72.9 Å². The Hall–Kier alpha value is -2.70. The highest BCUT2D eigenvalue weighted by Crippen LogP contribution is 2.40. The summed E-state index contributed by atoms with van der Waals surface area (Å²) in [5, 5.41) is 0. The first-order valence-electron chi connectivity index (χ1n) is 9.53. The second kappa shape index (κ2) is 8.54. The molecule has 2 aromatic rings. The number of fused-ring (bicyclic) bond motifs is 2. The number of nitrogens with two attached hydrogens (primary N) is 2. The highest BCUT2D eigenvalue weighted by molar-refractivity contribution is 6.31. The van der Waals surface area contributed by atoms with Gasteiger partial charge in [0.2, 0.25) is 0 Å². The highest BCUT2D eigenvalue weighted by Gasteiger charge is 2.37. The quantitative estimate of drug-likeness (QED) is 0.580. The van der Waals surface area contributed by atoms with Gasteiger partial charge in [-0.15, -0.1) is 0 Å². The lowest BCUT2D eigenvalue weighted by Gasteiger charge is -2.25.